The van der Waals surface area contributed by atoms with E-state index in [0.717, 1.165) is 12.8 Å². The molecule has 1 aromatic carbocycles. The van der Waals surface area contributed by atoms with Gasteiger partial charge in [0.25, 0.3) is 5.91 Å². The first-order valence-electron chi connectivity index (χ1n) is 5.60. The van der Waals surface area contributed by atoms with Crippen molar-refractivity contribution in [2.45, 2.75) is 18.9 Å². The Hall–Kier alpha value is -1.26. The predicted octanol–water partition coefficient (Wildman–Crippen LogP) is 1.52. The number of amides is 1. The largest absolute Gasteiger partial charge is 0.398 e. The molecule has 1 saturated heterocycles. The van der Waals surface area contributed by atoms with Crippen LogP contribution in [0.3, 0.4) is 0 Å². The van der Waals surface area contributed by atoms with Crippen LogP contribution < -0.4 is 5.73 Å². The number of nitrogens with zero attached hydrogens (tertiary/aromatic N) is 1. The lowest BCUT2D eigenvalue weighted by molar-refractivity contribution is 0.0677. The van der Waals surface area contributed by atoms with Gasteiger partial charge >= 0.3 is 0 Å². The highest BCUT2D eigenvalue weighted by Crippen LogP contribution is 2.24. The van der Waals surface area contributed by atoms with Crippen molar-refractivity contribution in [3.63, 3.8) is 0 Å². The van der Waals surface area contributed by atoms with Crippen LogP contribution in [0.2, 0.25) is 5.02 Å². The van der Waals surface area contributed by atoms with Crippen molar-refractivity contribution in [3.05, 3.63) is 28.8 Å². The van der Waals surface area contributed by atoms with E-state index in [-0.39, 0.29) is 18.6 Å². The minimum absolute atomic E-state index is 0.00838. The molecule has 1 heterocycles. The molecule has 1 aromatic rings. The molecule has 0 aromatic heterocycles. The van der Waals surface area contributed by atoms with Gasteiger partial charge in [0.15, 0.2) is 0 Å². The Labute approximate surface area is 105 Å². The second kappa shape index (κ2) is 4.94. The molecule has 1 aliphatic rings. The van der Waals surface area contributed by atoms with Crippen molar-refractivity contribution in [1.29, 1.82) is 0 Å². The van der Waals surface area contributed by atoms with Gasteiger partial charge in [0.1, 0.15) is 0 Å². The fourth-order valence-electron chi connectivity index (χ4n) is 2.12. The van der Waals surface area contributed by atoms with E-state index >= 15 is 0 Å². The third-order valence-corrected chi connectivity index (χ3v) is 3.42. The average Bonchev–Trinajstić information content (AvgIpc) is 2.80. The van der Waals surface area contributed by atoms with E-state index in [1.165, 1.54) is 0 Å². The predicted molar refractivity (Wildman–Crippen MR) is 67.0 cm³/mol. The summed E-state index contributed by atoms with van der Waals surface area (Å²) >= 11 is 5.89. The van der Waals surface area contributed by atoms with Crippen LogP contribution in [-0.4, -0.2) is 35.1 Å². The number of benzene rings is 1. The standard InChI is InChI=1S/C12H15ClN2O2/c13-10-6-8(3-4-11(10)14)12(17)15-5-1-2-9(15)7-16/h3-4,6,9,16H,1-2,5,7,14H2/t9-/m1/s1. The number of likely N-dealkylation sites (tertiary alicyclic amines) is 1. The zero-order valence-corrected chi connectivity index (χ0v) is 10.2. The maximum atomic E-state index is 12.2. The molecule has 0 radical (unpaired) electrons. The Bertz CT molecular complexity index is 437. The van der Waals surface area contributed by atoms with E-state index in [2.05, 4.69) is 0 Å². The number of hydrogen-bond acceptors (Lipinski definition) is 3. The van der Waals surface area contributed by atoms with Crippen LogP contribution in [0, 0.1) is 0 Å². The van der Waals surface area contributed by atoms with Crippen LogP contribution in [0.4, 0.5) is 5.69 Å². The van der Waals surface area contributed by atoms with Crippen LogP contribution in [0.15, 0.2) is 18.2 Å². The molecular weight excluding hydrogens is 240 g/mol. The molecule has 1 atom stereocenters. The fourth-order valence-corrected chi connectivity index (χ4v) is 2.30. The zero-order chi connectivity index (χ0) is 12.4. The first-order chi connectivity index (χ1) is 8.13. The van der Waals surface area contributed by atoms with Crippen molar-refractivity contribution in [1.82, 2.24) is 4.90 Å². The summed E-state index contributed by atoms with van der Waals surface area (Å²) in [7, 11) is 0. The van der Waals surface area contributed by atoms with Gasteiger partial charge in [-0.3, -0.25) is 4.79 Å². The molecule has 3 N–H and O–H groups in total. The Kier molecular flexibility index (Phi) is 3.54. The topological polar surface area (TPSA) is 66.6 Å². The fraction of sp³-hybridized carbons (Fsp3) is 0.417. The Morgan fingerprint density at radius 3 is 3.00 bits per heavy atom. The number of hydrogen-bond donors (Lipinski definition) is 2. The summed E-state index contributed by atoms with van der Waals surface area (Å²) in [5.41, 5.74) is 6.58. The molecule has 92 valence electrons. The molecule has 0 unspecified atom stereocenters. The minimum atomic E-state index is -0.0940. The molecule has 0 spiro atoms. The van der Waals surface area contributed by atoms with Crippen molar-refractivity contribution >= 4 is 23.2 Å². The summed E-state index contributed by atoms with van der Waals surface area (Å²) in [6, 6.07) is 4.79. The quantitative estimate of drug-likeness (QED) is 0.787. The van der Waals surface area contributed by atoms with E-state index < -0.39 is 0 Å². The summed E-state index contributed by atoms with van der Waals surface area (Å²) in [6.45, 7) is 0.695. The molecule has 0 aliphatic carbocycles. The van der Waals surface area contributed by atoms with E-state index in [4.69, 9.17) is 17.3 Å². The van der Waals surface area contributed by atoms with E-state index in [0.29, 0.717) is 22.8 Å². The van der Waals surface area contributed by atoms with Gasteiger partial charge in [0.2, 0.25) is 0 Å². The molecule has 1 fully saturated rings. The molecule has 2 rings (SSSR count). The maximum Gasteiger partial charge on any atom is 0.254 e. The maximum absolute atomic E-state index is 12.2. The smallest absolute Gasteiger partial charge is 0.254 e. The SMILES string of the molecule is Nc1ccc(C(=O)N2CCC[C@@H]2CO)cc1Cl. The van der Waals surface area contributed by atoms with Gasteiger partial charge in [-0.25, -0.2) is 0 Å². The molecular formula is C12H15ClN2O2. The Morgan fingerprint density at radius 2 is 2.35 bits per heavy atom. The third-order valence-electron chi connectivity index (χ3n) is 3.10. The minimum Gasteiger partial charge on any atom is -0.398 e. The second-order valence-corrected chi connectivity index (χ2v) is 4.62. The molecule has 1 aliphatic heterocycles. The van der Waals surface area contributed by atoms with Crippen molar-refractivity contribution in [2.24, 2.45) is 0 Å². The van der Waals surface area contributed by atoms with Crippen LogP contribution in [0.1, 0.15) is 23.2 Å². The van der Waals surface area contributed by atoms with Crippen LogP contribution >= 0.6 is 11.6 Å². The number of rotatable bonds is 2. The molecule has 17 heavy (non-hydrogen) atoms. The Balaban J connectivity index is 2.21. The summed E-state index contributed by atoms with van der Waals surface area (Å²) in [6.07, 6.45) is 1.78. The lowest BCUT2D eigenvalue weighted by Crippen LogP contribution is -2.37. The van der Waals surface area contributed by atoms with Gasteiger partial charge in [0, 0.05) is 12.1 Å². The second-order valence-electron chi connectivity index (χ2n) is 4.21. The number of aliphatic hydroxyl groups is 1. The molecule has 0 bridgehead atoms. The van der Waals surface area contributed by atoms with Gasteiger partial charge in [-0.1, -0.05) is 11.6 Å². The van der Waals surface area contributed by atoms with Gasteiger partial charge in [-0.15, -0.1) is 0 Å². The number of nitrogens with two attached hydrogens (primary N) is 1. The monoisotopic (exact) mass is 254 g/mol. The van der Waals surface area contributed by atoms with E-state index in [9.17, 15) is 9.90 Å². The first kappa shape index (κ1) is 12.2. The number of carbonyl (C=O) groups is 1. The van der Waals surface area contributed by atoms with Gasteiger partial charge in [-0.2, -0.15) is 0 Å². The number of carbonyl (C=O) groups excluding carboxylic acids is 1. The highest BCUT2D eigenvalue weighted by Gasteiger charge is 2.28. The molecule has 1 amide bonds. The van der Waals surface area contributed by atoms with Gasteiger partial charge < -0.3 is 15.7 Å². The van der Waals surface area contributed by atoms with Gasteiger partial charge in [-0.05, 0) is 31.0 Å². The highest BCUT2D eigenvalue weighted by atomic mass is 35.5. The summed E-state index contributed by atoms with van der Waals surface area (Å²) < 4.78 is 0. The summed E-state index contributed by atoms with van der Waals surface area (Å²) in [5.74, 6) is -0.0940. The van der Waals surface area contributed by atoms with Gasteiger partial charge in [0.05, 0.1) is 23.4 Å². The number of halogens is 1. The average molecular weight is 255 g/mol. The molecule has 0 saturated carbocycles. The van der Waals surface area contributed by atoms with Crippen LogP contribution in [0.5, 0.6) is 0 Å². The van der Waals surface area contributed by atoms with E-state index in [1.54, 1.807) is 23.1 Å². The van der Waals surface area contributed by atoms with Crippen molar-refractivity contribution in [2.75, 3.05) is 18.9 Å². The third kappa shape index (κ3) is 2.37. The van der Waals surface area contributed by atoms with Crippen LogP contribution in [-0.2, 0) is 0 Å². The summed E-state index contributed by atoms with van der Waals surface area (Å²) in [5, 5.41) is 9.58. The highest BCUT2D eigenvalue weighted by molar-refractivity contribution is 6.33. The molecule has 4 nitrogen and oxygen atoms in total. The Morgan fingerprint density at radius 1 is 1.59 bits per heavy atom. The molecule has 5 heteroatoms. The van der Waals surface area contributed by atoms with Crippen molar-refractivity contribution in [3.8, 4) is 0 Å². The lowest BCUT2D eigenvalue weighted by Gasteiger charge is -2.23. The van der Waals surface area contributed by atoms with Crippen molar-refractivity contribution < 1.29 is 9.90 Å². The zero-order valence-electron chi connectivity index (χ0n) is 9.40. The number of nitrogen functional groups attached to an aromatic ring is 1. The number of aliphatic hydroxyl groups excluding tert-OH is 1. The lowest BCUT2D eigenvalue weighted by atomic mass is 10.1. The number of anilines is 1. The normalized spacial score (nSPS) is 19.6. The first-order valence-corrected chi connectivity index (χ1v) is 5.98. The van der Waals surface area contributed by atoms with Crippen LogP contribution in [0.25, 0.3) is 0 Å². The summed E-state index contributed by atoms with van der Waals surface area (Å²) in [4.78, 5) is 13.9. The van der Waals surface area contributed by atoms with E-state index in [1.807, 2.05) is 0 Å².